The first-order chi connectivity index (χ1) is 7.81. The predicted octanol–water partition coefficient (Wildman–Crippen LogP) is 2.13. The van der Waals surface area contributed by atoms with E-state index in [4.69, 9.17) is 5.73 Å². The van der Waals surface area contributed by atoms with Crippen molar-refractivity contribution in [2.24, 2.45) is 5.73 Å². The van der Waals surface area contributed by atoms with E-state index in [1.165, 1.54) is 5.56 Å². The Morgan fingerprint density at radius 1 is 1.25 bits per heavy atom. The molecule has 0 amide bonds. The van der Waals surface area contributed by atoms with Gasteiger partial charge in [0.2, 0.25) is 0 Å². The summed E-state index contributed by atoms with van der Waals surface area (Å²) in [7, 11) is 0. The molecule has 1 atom stereocenters. The minimum Gasteiger partial charge on any atom is -0.330 e. The third kappa shape index (κ3) is 2.31. The third-order valence-electron chi connectivity index (χ3n) is 2.69. The molecule has 2 N–H and O–H groups in total. The summed E-state index contributed by atoms with van der Waals surface area (Å²) in [6.07, 6.45) is 2.92. The Balaban J connectivity index is 2.31. The van der Waals surface area contributed by atoms with Gasteiger partial charge < -0.3 is 5.73 Å². The zero-order valence-electron chi connectivity index (χ0n) is 9.50. The van der Waals surface area contributed by atoms with Gasteiger partial charge in [-0.25, -0.2) is 0 Å². The largest absolute Gasteiger partial charge is 0.330 e. The van der Waals surface area contributed by atoms with Crippen LogP contribution in [-0.2, 0) is 0 Å². The number of aryl methyl sites for hydroxylation is 1. The van der Waals surface area contributed by atoms with E-state index in [0.717, 1.165) is 12.1 Å². The molecule has 0 aliphatic rings. The van der Waals surface area contributed by atoms with Gasteiger partial charge in [0.05, 0.1) is 11.7 Å². The lowest BCUT2D eigenvalue weighted by molar-refractivity contribution is 0.493. The highest BCUT2D eigenvalue weighted by Gasteiger charge is 2.12. The summed E-state index contributed by atoms with van der Waals surface area (Å²) >= 11 is 0. The Morgan fingerprint density at radius 2 is 2.00 bits per heavy atom. The summed E-state index contributed by atoms with van der Waals surface area (Å²) in [5, 5.41) is 4.47. The molecule has 1 heterocycles. The summed E-state index contributed by atoms with van der Waals surface area (Å²) in [6, 6.07) is 12.6. The van der Waals surface area contributed by atoms with Crippen LogP contribution in [0.3, 0.4) is 0 Å². The highest BCUT2D eigenvalue weighted by molar-refractivity contribution is 5.20. The minimum atomic E-state index is 0.250. The van der Waals surface area contributed by atoms with Crippen LogP contribution in [0.2, 0.25) is 0 Å². The van der Waals surface area contributed by atoms with Crippen molar-refractivity contribution in [3.8, 4) is 0 Å². The highest BCUT2D eigenvalue weighted by atomic mass is 15.3. The van der Waals surface area contributed by atoms with Gasteiger partial charge in [0.1, 0.15) is 0 Å². The highest BCUT2D eigenvalue weighted by Crippen LogP contribution is 2.20. The smallest absolute Gasteiger partial charge is 0.0780 e. The zero-order valence-corrected chi connectivity index (χ0v) is 9.50. The van der Waals surface area contributed by atoms with Crippen molar-refractivity contribution in [1.29, 1.82) is 0 Å². The first-order valence-electron chi connectivity index (χ1n) is 5.58. The van der Waals surface area contributed by atoms with Crippen LogP contribution in [0.4, 0.5) is 0 Å². The van der Waals surface area contributed by atoms with Crippen LogP contribution in [0.1, 0.15) is 23.7 Å². The van der Waals surface area contributed by atoms with Crippen molar-refractivity contribution in [3.63, 3.8) is 0 Å². The maximum atomic E-state index is 5.67. The van der Waals surface area contributed by atoms with Gasteiger partial charge in [-0.2, -0.15) is 5.10 Å². The van der Waals surface area contributed by atoms with Crippen LogP contribution in [0.25, 0.3) is 0 Å². The fraction of sp³-hybridized carbons (Fsp3) is 0.308. The molecule has 1 unspecified atom stereocenters. The monoisotopic (exact) mass is 215 g/mol. The second kappa shape index (κ2) is 4.94. The summed E-state index contributed by atoms with van der Waals surface area (Å²) in [6.45, 7) is 2.67. The number of hydrogen-bond donors (Lipinski definition) is 1. The Kier molecular flexibility index (Phi) is 3.37. The van der Waals surface area contributed by atoms with Gasteiger partial charge in [0.15, 0.2) is 0 Å². The van der Waals surface area contributed by atoms with Crippen LogP contribution in [-0.4, -0.2) is 16.3 Å². The molecule has 2 rings (SSSR count). The summed E-state index contributed by atoms with van der Waals surface area (Å²) < 4.78 is 2.00. The molecule has 1 aromatic heterocycles. The number of nitrogens with two attached hydrogens (primary N) is 1. The first kappa shape index (κ1) is 10.9. The van der Waals surface area contributed by atoms with E-state index in [-0.39, 0.29) is 6.04 Å². The van der Waals surface area contributed by atoms with Crippen molar-refractivity contribution < 1.29 is 0 Å². The second-order valence-electron chi connectivity index (χ2n) is 3.94. The lowest BCUT2D eigenvalue weighted by Gasteiger charge is -2.17. The molecular weight excluding hydrogens is 198 g/mol. The number of aromatic nitrogens is 2. The third-order valence-corrected chi connectivity index (χ3v) is 2.69. The fourth-order valence-electron chi connectivity index (χ4n) is 1.89. The van der Waals surface area contributed by atoms with E-state index < -0.39 is 0 Å². The van der Waals surface area contributed by atoms with Crippen molar-refractivity contribution in [2.45, 2.75) is 19.4 Å². The molecule has 0 fully saturated rings. The number of nitrogens with zero attached hydrogens (tertiary/aromatic N) is 2. The lowest BCUT2D eigenvalue weighted by atomic mass is 10.0. The SMILES string of the molecule is Cc1ccn(C(CCN)c2ccccc2)n1. The fourth-order valence-corrected chi connectivity index (χ4v) is 1.89. The van der Waals surface area contributed by atoms with Crippen LogP contribution in [0, 0.1) is 6.92 Å². The van der Waals surface area contributed by atoms with Crippen LogP contribution < -0.4 is 5.73 Å². The molecule has 2 aromatic rings. The summed E-state index contributed by atoms with van der Waals surface area (Å²) in [4.78, 5) is 0. The maximum absolute atomic E-state index is 5.67. The first-order valence-corrected chi connectivity index (χ1v) is 5.58. The minimum absolute atomic E-state index is 0.250. The van der Waals surface area contributed by atoms with Crippen molar-refractivity contribution >= 4 is 0 Å². The van der Waals surface area contributed by atoms with Gasteiger partial charge in [-0.3, -0.25) is 4.68 Å². The number of hydrogen-bond acceptors (Lipinski definition) is 2. The molecule has 1 aromatic carbocycles. The second-order valence-corrected chi connectivity index (χ2v) is 3.94. The Labute approximate surface area is 95.9 Å². The average Bonchev–Trinajstić information content (AvgIpc) is 2.74. The van der Waals surface area contributed by atoms with Crippen LogP contribution in [0.5, 0.6) is 0 Å². The van der Waals surface area contributed by atoms with E-state index in [1.54, 1.807) is 0 Å². The van der Waals surface area contributed by atoms with Gasteiger partial charge in [0.25, 0.3) is 0 Å². The molecule has 0 radical (unpaired) electrons. The Bertz CT molecular complexity index is 433. The molecule has 0 saturated heterocycles. The molecule has 3 nitrogen and oxygen atoms in total. The zero-order chi connectivity index (χ0) is 11.4. The van der Waals surface area contributed by atoms with Crippen molar-refractivity contribution in [1.82, 2.24) is 9.78 Å². The van der Waals surface area contributed by atoms with E-state index in [0.29, 0.717) is 6.54 Å². The van der Waals surface area contributed by atoms with E-state index in [1.807, 2.05) is 29.9 Å². The van der Waals surface area contributed by atoms with Gasteiger partial charge in [-0.15, -0.1) is 0 Å². The van der Waals surface area contributed by atoms with Gasteiger partial charge in [0, 0.05) is 6.20 Å². The van der Waals surface area contributed by atoms with Crippen molar-refractivity contribution in [2.75, 3.05) is 6.54 Å². The van der Waals surface area contributed by atoms with E-state index in [9.17, 15) is 0 Å². The molecule has 0 aliphatic carbocycles. The topological polar surface area (TPSA) is 43.8 Å². The predicted molar refractivity (Wildman–Crippen MR) is 65.2 cm³/mol. The maximum Gasteiger partial charge on any atom is 0.0780 e. The standard InChI is InChI=1S/C13H17N3/c1-11-8-10-16(15-11)13(7-9-14)12-5-3-2-4-6-12/h2-6,8,10,13H,7,9,14H2,1H3. The van der Waals surface area contributed by atoms with E-state index >= 15 is 0 Å². The van der Waals surface area contributed by atoms with Crippen LogP contribution >= 0.6 is 0 Å². The molecule has 3 heteroatoms. The molecular formula is C13H17N3. The summed E-state index contributed by atoms with van der Waals surface area (Å²) in [5.74, 6) is 0. The molecule has 0 aliphatic heterocycles. The number of benzene rings is 1. The molecule has 84 valence electrons. The van der Waals surface area contributed by atoms with Crippen molar-refractivity contribution in [3.05, 3.63) is 53.9 Å². The molecule has 16 heavy (non-hydrogen) atoms. The molecule has 0 saturated carbocycles. The van der Waals surface area contributed by atoms with Gasteiger partial charge >= 0.3 is 0 Å². The van der Waals surface area contributed by atoms with Crippen LogP contribution in [0.15, 0.2) is 42.6 Å². The Morgan fingerprint density at radius 3 is 2.56 bits per heavy atom. The molecule has 0 bridgehead atoms. The average molecular weight is 215 g/mol. The number of rotatable bonds is 4. The normalized spacial score (nSPS) is 12.6. The molecule has 0 spiro atoms. The quantitative estimate of drug-likeness (QED) is 0.849. The van der Waals surface area contributed by atoms with Gasteiger partial charge in [-0.1, -0.05) is 30.3 Å². The Hall–Kier alpha value is -1.61. The summed E-state index contributed by atoms with van der Waals surface area (Å²) in [5.41, 5.74) is 7.97. The lowest BCUT2D eigenvalue weighted by Crippen LogP contribution is -2.16. The van der Waals surface area contributed by atoms with E-state index in [2.05, 4.69) is 29.4 Å². The van der Waals surface area contributed by atoms with Gasteiger partial charge in [-0.05, 0) is 31.5 Å².